The van der Waals surface area contributed by atoms with Gasteiger partial charge in [-0.1, -0.05) is 35.4 Å². The summed E-state index contributed by atoms with van der Waals surface area (Å²) >= 11 is 5.97. The molecule has 1 N–H and O–H groups in total. The Morgan fingerprint density at radius 1 is 1.15 bits per heavy atom. The van der Waals surface area contributed by atoms with Crippen molar-refractivity contribution >= 4 is 39.1 Å². The number of nitrogens with zero attached hydrogens (tertiary/aromatic N) is 1. The molecule has 1 saturated heterocycles. The highest BCUT2D eigenvalue weighted by Gasteiger charge is 2.44. The van der Waals surface area contributed by atoms with E-state index in [9.17, 15) is 18.0 Å². The van der Waals surface area contributed by atoms with Crippen molar-refractivity contribution in [2.75, 3.05) is 5.32 Å². The summed E-state index contributed by atoms with van der Waals surface area (Å²) < 4.78 is 26.6. The highest BCUT2D eigenvalue weighted by molar-refractivity contribution is 7.89. The van der Waals surface area contributed by atoms with Gasteiger partial charge in [-0.05, 0) is 50.1 Å². The second-order valence-corrected chi connectivity index (χ2v) is 8.76. The van der Waals surface area contributed by atoms with Gasteiger partial charge in [-0.15, -0.1) is 0 Å². The molecule has 0 bridgehead atoms. The van der Waals surface area contributed by atoms with E-state index in [4.69, 9.17) is 11.6 Å². The summed E-state index contributed by atoms with van der Waals surface area (Å²) in [5.41, 5.74) is 2.16. The molecule has 0 aliphatic carbocycles. The van der Waals surface area contributed by atoms with Gasteiger partial charge in [0.05, 0.1) is 4.90 Å². The molecule has 0 radical (unpaired) electrons. The summed E-state index contributed by atoms with van der Waals surface area (Å²) in [7, 11) is -4.11. The Morgan fingerprint density at radius 3 is 2.48 bits per heavy atom. The molecule has 1 fully saturated rings. The molecule has 1 aliphatic rings. The Balaban J connectivity index is 1.90. The van der Waals surface area contributed by atoms with Crippen molar-refractivity contribution in [3.05, 3.63) is 58.6 Å². The fourth-order valence-electron chi connectivity index (χ4n) is 2.97. The molecule has 27 heavy (non-hydrogen) atoms. The van der Waals surface area contributed by atoms with E-state index in [-0.39, 0.29) is 17.7 Å². The highest BCUT2D eigenvalue weighted by atomic mass is 35.5. The van der Waals surface area contributed by atoms with Gasteiger partial charge in [0.15, 0.2) is 0 Å². The van der Waals surface area contributed by atoms with E-state index in [1.165, 1.54) is 12.1 Å². The average Bonchev–Trinajstić information content (AvgIpc) is 3.01. The lowest BCUT2D eigenvalue weighted by Crippen LogP contribution is -2.45. The first-order valence-electron chi connectivity index (χ1n) is 8.41. The summed E-state index contributed by atoms with van der Waals surface area (Å²) in [6.45, 7) is 3.63. The minimum atomic E-state index is -4.11. The first-order chi connectivity index (χ1) is 12.7. The molecule has 6 nitrogen and oxygen atoms in total. The molecular formula is C19H19ClN2O4S. The maximum atomic E-state index is 12.9. The molecule has 0 aromatic heterocycles. The summed E-state index contributed by atoms with van der Waals surface area (Å²) in [5, 5.41) is 3.14. The molecule has 1 unspecified atom stereocenters. The fourth-order valence-corrected chi connectivity index (χ4v) is 4.74. The SMILES string of the molecule is Cc1ccc(S(=O)(=O)N2C(=O)CCC2C(=O)Nc2cc(Cl)ccc2C)cc1. The molecule has 8 heteroatoms. The monoisotopic (exact) mass is 406 g/mol. The zero-order valence-corrected chi connectivity index (χ0v) is 16.5. The molecular weight excluding hydrogens is 388 g/mol. The van der Waals surface area contributed by atoms with Gasteiger partial charge >= 0.3 is 0 Å². The van der Waals surface area contributed by atoms with Crippen molar-refractivity contribution in [2.24, 2.45) is 0 Å². The van der Waals surface area contributed by atoms with Gasteiger partial charge in [-0.25, -0.2) is 12.7 Å². The van der Waals surface area contributed by atoms with Crippen LogP contribution in [0.4, 0.5) is 5.69 Å². The van der Waals surface area contributed by atoms with Crippen LogP contribution in [0.5, 0.6) is 0 Å². The van der Waals surface area contributed by atoms with Gasteiger partial charge in [0, 0.05) is 17.1 Å². The van der Waals surface area contributed by atoms with Crippen LogP contribution in [0.1, 0.15) is 24.0 Å². The van der Waals surface area contributed by atoms with Crippen LogP contribution in [0.3, 0.4) is 0 Å². The predicted molar refractivity (Wildman–Crippen MR) is 103 cm³/mol. The van der Waals surface area contributed by atoms with E-state index < -0.39 is 27.9 Å². The molecule has 0 spiro atoms. The van der Waals surface area contributed by atoms with Crippen LogP contribution >= 0.6 is 11.6 Å². The Hall–Kier alpha value is -2.38. The van der Waals surface area contributed by atoms with Crippen LogP contribution in [0.2, 0.25) is 5.02 Å². The van der Waals surface area contributed by atoms with Crippen molar-refractivity contribution in [3.63, 3.8) is 0 Å². The zero-order chi connectivity index (χ0) is 19.8. The Kier molecular flexibility index (Phi) is 5.26. The van der Waals surface area contributed by atoms with E-state index in [2.05, 4.69) is 5.32 Å². The third kappa shape index (κ3) is 3.84. The van der Waals surface area contributed by atoms with E-state index >= 15 is 0 Å². The van der Waals surface area contributed by atoms with Crippen LogP contribution in [0.25, 0.3) is 0 Å². The van der Waals surface area contributed by atoms with Gasteiger partial charge < -0.3 is 5.32 Å². The number of rotatable bonds is 4. The second-order valence-electron chi connectivity index (χ2n) is 6.51. The van der Waals surface area contributed by atoms with Crippen LogP contribution in [0, 0.1) is 13.8 Å². The van der Waals surface area contributed by atoms with Gasteiger partial charge in [-0.3, -0.25) is 9.59 Å². The lowest BCUT2D eigenvalue weighted by atomic mass is 10.1. The number of anilines is 1. The Morgan fingerprint density at radius 2 is 1.81 bits per heavy atom. The summed E-state index contributed by atoms with van der Waals surface area (Å²) in [4.78, 5) is 25.0. The molecule has 2 aromatic carbocycles. The number of halogens is 1. The topological polar surface area (TPSA) is 83.6 Å². The smallest absolute Gasteiger partial charge is 0.267 e. The van der Waals surface area contributed by atoms with Gasteiger partial charge in [-0.2, -0.15) is 0 Å². The van der Waals surface area contributed by atoms with Gasteiger partial charge in [0.2, 0.25) is 11.8 Å². The molecule has 1 atom stereocenters. The van der Waals surface area contributed by atoms with Crippen molar-refractivity contribution < 1.29 is 18.0 Å². The summed E-state index contributed by atoms with van der Waals surface area (Å²) in [5.74, 6) is -1.14. The summed E-state index contributed by atoms with van der Waals surface area (Å²) in [6, 6.07) is 10.1. The lowest BCUT2D eigenvalue weighted by Gasteiger charge is -2.24. The maximum Gasteiger partial charge on any atom is 0.267 e. The zero-order valence-electron chi connectivity index (χ0n) is 14.9. The number of carbonyl (C=O) groups is 2. The highest BCUT2D eigenvalue weighted by Crippen LogP contribution is 2.29. The van der Waals surface area contributed by atoms with Crippen LogP contribution in [-0.2, 0) is 19.6 Å². The van der Waals surface area contributed by atoms with Crippen LogP contribution < -0.4 is 5.32 Å². The molecule has 0 saturated carbocycles. The van der Waals surface area contributed by atoms with Gasteiger partial charge in [0.1, 0.15) is 6.04 Å². The first kappa shape index (κ1) is 19.4. The summed E-state index contributed by atoms with van der Waals surface area (Å²) in [6.07, 6.45) is 0.132. The van der Waals surface area contributed by atoms with E-state index in [0.29, 0.717) is 15.0 Å². The number of hydrogen-bond acceptors (Lipinski definition) is 4. The molecule has 2 aromatic rings. The van der Waals surface area contributed by atoms with Crippen LogP contribution in [-0.4, -0.2) is 30.6 Å². The predicted octanol–water partition coefficient (Wildman–Crippen LogP) is 3.28. The van der Waals surface area contributed by atoms with Crippen molar-refractivity contribution in [1.29, 1.82) is 0 Å². The average molecular weight is 407 g/mol. The number of sulfonamides is 1. The minimum Gasteiger partial charge on any atom is -0.324 e. The van der Waals surface area contributed by atoms with E-state index in [1.807, 2.05) is 6.92 Å². The minimum absolute atomic E-state index is 0.00228. The standard InChI is InChI=1S/C19H19ClN2O4S/c1-12-3-7-15(8-4-12)27(25,26)22-17(9-10-18(22)23)19(24)21-16-11-14(20)6-5-13(16)2/h3-8,11,17H,9-10H2,1-2H3,(H,21,24). The van der Waals surface area contributed by atoms with Crippen molar-refractivity contribution in [3.8, 4) is 0 Å². The molecule has 142 valence electrons. The number of benzene rings is 2. The third-order valence-electron chi connectivity index (χ3n) is 4.50. The largest absolute Gasteiger partial charge is 0.324 e. The van der Waals surface area contributed by atoms with Crippen molar-refractivity contribution in [2.45, 2.75) is 37.6 Å². The van der Waals surface area contributed by atoms with Gasteiger partial charge in [0.25, 0.3) is 10.0 Å². The van der Waals surface area contributed by atoms with E-state index in [0.717, 1.165) is 11.1 Å². The Labute approximate surface area is 163 Å². The van der Waals surface area contributed by atoms with Crippen molar-refractivity contribution in [1.82, 2.24) is 4.31 Å². The lowest BCUT2D eigenvalue weighted by molar-refractivity contribution is -0.128. The quantitative estimate of drug-likeness (QED) is 0.844. The number of hydrogen-bond donors (Lipinski definition) is 1. The number of aryl methyl sites for hydroxylation is 2. The number of nitrogens with one attached hydrogen (secondary N) is 1. The number of carbonyl (C=O) groups excluding carboxylic acids is 2. The normalized spacial score (nSPS) is 17.2. The first-order valence-corrected chi connectivity index (χ1v) is 10.2. The fraction of sp³-hybridized carbons (Fsp3) is 0.263. The maximum absolute atomic E-state index is 12.9. The molecule has 3 rings (SSSR count). The Bertz CT molecular complexity index is 1000. The van der Waals surface area contributed by atoms with E-state index in [1.54, 1.807) is 37.3 Å². The molecule has 1 aliphatic heterocycles. The molecule has 1 heterocycles. The van der Waals surface area contributed by atoms with Crippen LogP contribution in [0.15, 0.2) is 47.4 Å². The second kappa shape index (κ2) is 7.32. The molecule has 2 amide bonds. The third-order valence-corrected chi connectivity index (χ3v) is 6.58. The number of amides is 2.